The molecule has 0 atom stereocenters. The van der Waals surface area contributed by atoms with E-state index < -0.39 is 0 Å². The number of hydrogen-bond donors (Lipinski definition) is 0. The number of aromatic nitrogens is 2. The van der Waals surface area contributed by atoms with Gasteiger partial charge >= 0.3 is 0 Å². The van der Waals surface area contributed by atoms with E-state index in [1.165, 1.54) is 11.8 Å². The van der Waals surface area contributed by atoms with Crippen LogP contribution in [0.4, 0.5) is 0 Å². The molecular formula is C13H9ClN2OS. The average Bonchev–Trinajstić information content (AvgIpc) is 2.76. The van der Waals surface area contributed by atoms with E-state index >= 15 is 0 Å². The molecule has 0 spiro atoms. The third-order valence-corrected chi connectivity index (χ3v) is 3.71. The van der Waals surface area contributed by atoms with Crippen molar-refractivity contribution < 1.29 is 4.42 Å². The molecule has 0 saturated heterocycles. The first kappa shape index (κ1) is 11.6. The van der Waals surface area contributed by atoms with Crippen molar-refractivity contribution in [1.29, 1.82) is 0 Å². The van der Waals surface area contributed by atoms with E-state index in [2.05, 4.69) is 9.97 Å². The van der Waals surface area contributed by atoms with Crippen LogP contribution in [0.1, 0.15) is 5.56 Å². The first-order valence-electron chi connectivity index (χ1n) is 5.38. The predicted molar refractivity (Wildman–Crippen MR) is 72.1 cm³/mol. The highest BCUT2D eigenvalue weighted by molar-refractivity contribution is 7.99. The van der Waals surface area contributed by atoms with E-state index in [9.17, 15) is 0 Å². The summed E-state index contributed by atoms with van der Waals surface area (Å²) in [4.78, 5) is 9.44. The molecule has 0 unspecified atom stereocenters. The van der Waals surface area contributed by atoms with Gasteiger partial charge in [0.25, 0.3) is 5.22 Å². The van der Waals surface area contributed by atoms with Crippen LogP contribution in [-0.4, -0.2) is 9.97 Å². The molecule has 0 amide bonds. The minimum Gasteiger partial charge on any atom is -0.431 e. The molecular weight excluding hydrogens is 268 g/mol. The Kier molecular flexibility index (Phi) is 2.97. The lowest BCUT2D eigenvalue weighted by Crippen LogP contribution is -1.83. The largest absolute Gasteiger partial charge is 0.431 e. The third kappa shape index (κ3) is 2.21. The van der Waals surface area contributed by atoms with Crippen LogP contribution in [-0.2, 0) is 0 Å². The quantitative estimate of drug-likeness (QED) is 0.653. The van der Waals surface area contributed by atoms with Gasteiger partial charge in [-0.05, 0) is 42.4 Å². The zero-order chi connectivity index (χ0) is 12.5. The summed E-state index contributed by atoms with van der Waals surface area (Å²) >= 11 is 7.34. The number of nitrogens with zero attached hydrogens (tertiary/aromatic N) is 2. The Bertz CT molecular complexity index is 678. The number of benzene rings is 1. The predicted octanol–water partition coefficient (Wildman–Crippen LogP) is 4.34. The molecule has 3 nitrogen and oxygen atoms in total. The summed E-state index contributed by atoms with van der Waals surface area (Å²) in [6.45, 7) is 1.98. The van der Waals surface area contributed by atoms with Crippen molar-refractivity contribution in [3.05, 3.63) is 47.2 Å². The number of oxazole rings is 1. The Morgan fingerprint density at radius 2 is 2.11 bits per heavy atom. The first-order valence-corrected chi connectivity index (χ1v) is 6.57. The molecule has 5 heteroatoms. The number of hydrogen-bond acceptors (Lipinski definition) is 4. The number of fused-ring (bicyclic) bond motifs is 1. The van der Waals surface area contributed by atoms with Crippen LogP contribution in [0.5, 0.6) is 0 Å². The fraction of sp³-hybridized carbons (Fsp3) is 0.0769. The molecule has 2 heterocycles. The van der Waals surface area contributed by atoms with E-state index in [0.29, 0.717) is 10.4 Å². The molecule has 0 saturated carbocycles. The first-order chi connectivity index (χ1) is 8.72. The van der Waals surface area contributed by atoms with E-state index in [1.807, 2.05) is 37.3 Å². The van der Waals surface area contributed by atoms with Gasteiger partial charge in [-0.2, -0.15) is 0 Å². The van der Waals surface area contributed by atoms with Crippen molar-refractivity contribution >= 4 is 34.5 Å². The molecule has 90 valence electrons. The van der Waals surface area contributed by atoms with Crippen molar-refractivity contribution in [2.45, 2.75) is 17.0 Å². The van der Waals surface area contributed by atoms with Crippen LogP contribution in [0.15, 0.2) is 51.1 Å². The van der Waals surface area contributed by atoms with Gasteiger partial charge < -0.3 is 4.42 Å². The van der Waals surface area contributed by atoms with Gasteiger partial charge in [0.2, 0.25) is 0 Å². The second-order valence-corrected chi connectivity index (χ2v) is 5.20. The highest BCUT2D eigenvalue weighted by Crippen LogP contribution is 2.32. The number of halogens is 1. The van der Waals surface area contributed by atoms with Crippen molar-refractivity contribution in [3.63, 3.8) is 0 Å². The normalized spacial score (nSPS) is 11.0. The third-order valence-electron chi connectivity index (χ3n) is 2.49. The molecule has 0 aliphatic carbocycles. The maximum atomic E-state index is 5.89. The highest BCUT2D eigenvalue weighted by atomic mass is 35.5. The minimum atomic E-state index is 0.471. The van der Waals surface area contributed by atoms with Crippen LogP contribution >= 0.6 is 23.4 Å². The molecule has 0 bridgehead atoms. The Morgan fingerprint density at radius 3 is 2.94 bits per heavy atom. The fourth-order valence-electron chi connectivity index (χ4n) is 1.58. The lowest BCUT2D eigenvalue weighted by molar-refractivity contribution is 0.489. The second kappa shape index (κ2) is 4.63. The van der Waals surface area contributed by atoms with Crippen molar-refractivity contribution in [2.24, 2.45) is 0 Å². The molecule has 0 aliphatic heterocycles. The Balaban J connectivity index is 1.98. The smallest absolute Gasteiger partial charge is 0.261 e. The van der Waals surface area contributed by atoms with Gasteiger partial charge in [-0.15, -0.1) is 0 Å². The van der Waals surface area contributed by atoms with E-state index in [4.69, 9.17) is 16.0 Å². The van der Waals surface area contributed by atoms with E-state index in [-0.39, 0.29) is 0 Å². The molecule has 2 aromatic heterocycles. The zero-order valence-corrected chi connectivity index (χ0v) is 11.1. The summed E-state index contributed by atoms with van der Waals surface area (Å²) in [5.41, 5.74) is 2.70. The topological polar surface area (TPSA) is 38.9 Å². The van der Waals surface area contributed by atoms with Gasteiger partial charge in [0, 0.05) is 11.1 Å². The van der Waals surface area contributed by atoms with Crippen LogP contribution in [0.3, 0.4) is 0 Å². The summed E-state index contributed by atoms with van der Waals surface area (Å²) in [6.07, 6.45) is 1.74. The van der Waals surface area contributed by atoms with E-state index in [0.717, 1.165) is 21.6 Å². The summed E-state index contributed by atoms with van der Waals surface area (Å²) in [6, 6.07) is 9.51. The summed E-state index contributed by atoms with van der Waals surface area (Å²) in [5, 5.41) is 1.08. The van der Waals surface area contributed by atoms with E-state index in [1.54, 1.807) is 6.20 Å². The molecule has 3 rings (SSSR count). The van der Waals surface area contributed by atoms with Crippen molar-refractivity contribution in [1.82, 2.24) is 9.97 Å². The fourth-order valence-corrected chi connectivity index (χ4v) is 2.65. The number of rotatable bonds is 2. The van der Waals surface area contributed by atoms with Crippen LogP contribution in [0.2, 0.25) is 5.15 Å². The van der Waals surface area contributed by atoms with Crippen molar-refractivity contribution in [3.8, 4) is 0 Å². The maximum Gasteiger partial charge on any atom is 0.261 e. The number of pyridine rings is 1. The Hall–Kier alpha value is -1.52. The SMILES string of the molecule is Cc1cnc(Cl)cc1Sc1nc2ccccc2o1. The summed E-state index contributed by atoms with van der Waals surface area (Å²) in [7, 11) is 0. The van der Waals surface area contributed by atoms with Crippen molar-refractivity contribution in [2.75, 3.05) is 0 Å². The monoisotopic (exact) mass is 276 g/mol. The van der Waals surface area contributed by atoms with Gasteiger partial charge in [0.05, 0.1) is 0 Å². The van der Waals surface area contributed by atoms with Crippen LogP contribution in [0, 0.1) is 6.92 Å². The summed E-state index contributed by atoms with van der Waals surface area (Å²) < 4.78 is 5.66. The van der Waals surface area contributed by atoms with Crippen LogP contribution in [0.25, 0.3) is 11.1 Å². The maximum absolute atomic E-state index is 5.89. The average molecular weight is 277 g/mol. The van der Waals surface area contributed by atoms with Gasteiger partial charge in [-0.1, -0.05) is 23.7 Å². The molecule has 18 heavy (non-hydrogen) atoms. The van der Waals surface area contributed by atoms with Gasteiger partial charge in [-0.25, -0.2) is 9.97 Å². The second-order valence-electron chi connectivity index (χ2n) is 3.82. The summed E-state index contributed by atoms with van der Waals surface area (Å²) in [5.74, 6) is 0. The van der Waals surface area contributed by atoms with Gasteiger partial charge in [0.1, 0.15) is 10.7 Å². The number of aryl methyl sites for hydroxylation is 1. The lowest BCUT2D eigenvalue weighted by atomic mass is 10.3. The lowest BCUT2D eigenvalue weighted by Gasteiger charge is -2.01. The molecule has 0 aliphatic rings. The zero-order valence-electron chi connectivity index (χ0n) is 9.55. The van der Waals surface area contributed by atoms with Crippen LogP contribution < -0.4 is 0 Å². The van der Waals surface area contributed by atoms with Gasteiger partial charge in [-0.3, -0.25) is 0 Å². The Morgan fingerprint density at radius 1 is 1.28 bits per heavy atom. The Labute approximate surface area is 113 Å². The van der Waals surface area contributed by atoms with Gasteiger partial charge in [0.15, 0.2) is 5.58 Å². The molecule has 0 fully saturated rings. The highest BCUT2D eigenvalue weighted by Gasteiger charge is 2.09. The molecule has 3 aromatic rings. The standard InChI is InChI=1S/C13H9ClN2OS/c1-8-7-15-12(14)6-11(8)18-13-16-9-4-2-3-5-10(9)17-13/h2-7H,1H3. The molecule has 0 N–H and O–H groups in total. The minimum absolute atomic E-state index is 0.471. The molecule has 1 aromatic carbocycles. The molecule has 0 radical (unpaired) electrons. The number of para-hydroxylation sites is 2.